The highest BCUT2D eigenvalue weighted by atomic mass is 16.5. The first-order valence-corrected chi connectivity index (χ1v) is 6.38. The molecule has 0 aromatic rings. The molecule has 1 aliphatic rings. The molecule has 0 spiro atoms. The summed E-state index contributed by atoms with van der Waals surface area (Å²) in [5, 5.41) is 0. The number of hydrogen-bond donors (Lipinski definition) is 1. The SMILES string of the molecule is CC(N)C(=O)O[C@H]1C[C@@H](C)CC[C@@H]1C(C)C. The van der Waals surface area contributed by atoms with E-state index >= 15 is 0 Å². The number of nitrogens with two attached hydrogens (primary N) is 1. The Morgan fingerprint density at radius 1 is 1.31 bits per heavy atom. The quantitative estimate of drug-likeness (QED) is 0.753. The molecular weight excluding hydrogens is 202 g/mol. The van der Waals surface area contributed by atoms with E-state index in [1.54, 1.807) is 6.92 Å². The number of rotatable bonds is 3. The Morgan fingerprint density at radius 3 is 2.44 bits per heavy atom. The first kappa shape index (κ1) is 13.5. The number of carbonyl (C=O) groups excluding carboxylic acids is 1. The molecule has 1 unspecified atom stereocenters. The van der Waals surface area contributed by atoms with Gasteiger partial charge in [0.2, 0.25) is 0 Å². The topological polar surface area (TPSA) is 52.3 Å². The maximum atomic E-state index is 11.5. The normalized spacial score (nSPS) is 32.5. The summed E-state index contributed by atoms with van der Waals surface area (Å²) in [4.78, 5) is 11.5. The third kappa shape index (κ3) is 3.48. The molecule has 16 heavy (non-hydrogen) atoms. The van der Waals surface area contributed by atoms with E-state index in [2.05, 4.69) is 20.8 Å². The predicted octanol–water partition coefficient (Wildman–Crippen LogP) is 2.34. The van der Waals surface area contributed by atoms with Crippen molar-refractivity contribution >= 4 is 5.97 Å². The third-order valence-electron chi connectivity index (χ3n) is 3.60. The minimum Gasteiger partial charge on any atom is -0.461 e. The van der Waals surface area contributed by atoms with Gasteiger partial charge in [-0.2, -0.15) is 0 Å². The van der Waals surface area contributed by atoms with Crippen LogP contribution in [0.25, 0.3) is 0 Å². The molecule has 0 amide bonds. The van der Waals surface area contributed by atoms with Crippen LogP contribution in [-0.2, 0) is 9.53 Å². The molecule has 4 atom stereocenters. The highest BCUT2D eigenvalue weighted by Crippen LogP contribution is 2.35. The van der Waals surface area contributed by atoms with Crippen molar-refractivity contribution in [3.8, 4) is 0 Å². The molecule has 3 heteroatoms. The summed E-state index contributed by atoms with van der Waals surface area (Å²) in [6, 6.07) is -0.509. The number of carbonyl (C=O) groups is 1. The highest BCUT2D eigenvalue weighted by molar-refractivity contribution is 5.75. The van der Waals surface area contributed by atoms with Gasteiger partial charge in [-0.05, 0) is 37.5 Å². The lowest BCUT2D eigenvalue weighted by molar-refractivity contribution is -0.157. The van der Waals surface area contributed by atoms with Crippen molar-refractivity contribution < 1.29 is 9.53 Å². The predicted molar refractivity (Wildman–Crippen MR) is 64.9 cm³/mol. The van der Waals surface area contributed by atoms with Crippen LogP contribution in [-0.4, -0.2) is 18.1 Å². The van der Waals surface area contributed by atoms with Crippen molar-refractivity contribution in [3.05, 3.63) is 0 Å². The van der Waals surface area contributed by atoms with Gasteiger partial charge in [-0.1, -0.05) is 27.2 Å². The summed E-state index contributed by atoms with van der Waals surface area (Å²) in [6.07, 6.45) is 3.47. The first-order chi connectivity index (χ1) is 7.41. The zero-order valence-electron chi connectivity index (χ0n) is 10.9. The number of hydrogen-bond acceptors (Lipinski definition) is 3. The van der Waals surface area contributed by atoms with Gasteiger partial charge in [-0.25, -0.2) is 0 Å². The van der Waals surface area contributed by atoms with Gasteiger partial charge >= 0.3 is 5.97 Å². The van der Waals surface area contributed by atoms with Crippen LogP contribution in [0.4, 0.5) is 0 Å². The Bertz CT molecular complexity index is 238. The molecule has 0 aromatic heterocycles. The van der Waals surface area contributed by atoms with E-state index in [9.17, 15) is 4.79 Å². The summed E-state index contributed by atoms with van der Waals surface area (Å²) in [5.74, 6) is 1.46. The molecule has 0 saturated heterocycles. The zero-order chi connectivity index (χ0) is 12.3. The smallest absolute Gasteiger partial charge is 0.322 e. The van der Waals surface area contributed by atoms with E-state index in [1.807, 2.05) is 0 Å². The molecule has 3 nitrogen and oxygen atoms in total. The van der Waals surface area contributed by atoms with Crippen LogP contribution in [0.15, 0.2) is 0 Å². The van der Waals surface area contributed by atoms with Gasteiger partial charge in [0.15, 0.2) is 0 Å². The van der Waals surface area contributed by atoms with Gasteiger partial charge in [-0.15, -0.1) is 0 Å². The fourth-order valence-corrected chi connectivity index (χ4v) is 2.51. The Hall–Kier alpha value is -0.570. The monoisotopic (exact) mass is 227 g/mol. The zero-order valence-corrected chi connectivity index (χ0v) is 10.9. The third-order valence-corrected chi connectivity index (χ3v) is 3.60. The van der Waals surface area contributed by atoms with Crippen LogP contribution in [0.3, 0.4) is 0 Å². The molecule has 0 heterocycles. The van der Waals surface area contributed by atoms with E-state index in [0.29, 0.717) is 17.8 Å². The average molecular weight is 227 g/mol. The summed E-state index contributed by atoms with van der Waals surface area (Å²) >= 11 is 0. The summed E-state index contributed by atoms with van der Waals surface area (Å²) in [6.45, 7) is 8.31. The second kappa shape index (κ2) is 5.67. The Kier molecular flexibility index (Phi) is 4.78. The number of esters is 1. The lowest BCUT2D eigenvalue weighted by Gasteiger charge is -2.37. The fraction of sp³-hybridized carbons (Fsp3) is 0.923. The van der Waals surface area contributed by atoms with Gasteiger partial charge in [-0.3, -0.25) is 4.79 Å². The van der Waals surface area contributed by atoms with Crippen LogP contribution in [0.5, 0.6) is 0 Å². The molecule has 2 N–H and O–H groups in total. The van der Waals surface area contributed by atoms with Crippen molar-refractivity contribution in [3.63, 3.8) is 0 Å². The molecule has 94 valence electrons. The second-order valence-corrected chi connectivity index (χ2v) is 5.59. The van der Waals surface area contributed by atoms with Crippen LogP contribution in [0.1, 0.15) is 47.0 Å². The van der Waals surface area contributed by atoms with Gasteiger partial charge < -0.3 is 10.5 Å². The molecule has 0 aliphatic heterocycles. The van der Waals surface area contributed by atoms with Crippen molar-refractivity contribution in [1.29, 1.82) is 0 Å². The Morgan fingerprint density at radius 2 is 1.94 bits per heavy atom. The summed E-state index contributed by atoms with van der Waals surface area (Å²) in [7, 11) is 0. The number of ether oxygens (including phenoxy) is 1. The lowest BCUT2D eigenvalue weighted by atomic mass is 9.75. The second-order valence-electron chi connectivity index (χ2n) is 5.59. The van der Waals surface area contributed by atoms with Gasteiger partial charge in [0.05, 0.1) is 0 Å². The van der Waals surface area contributed by atoms with Gasteiger partial charge in [0, 0.05) is 0 Å². The first-order valence-electron chi connectivity index (χ1n) is 6.38. The molecule has 0 radical (unpaired) electrons. The van der Waals surface area contributed by atoms with Crippen molar-refractivity contribution in [1.82, 2.24) is 0 Å². The van der Waals surface area contributed by atoms with Crippen molar-refractivity contribution in [2.45, 2.75) is 59.1 Å². The van der Waals surface area contributed by atoms with E-state index in [4.69, 9.17) is 10.5 Å². The maximum absolute atomic E-state index is 11.5. The van der Waals surface area contributed by atoms with Crippen molar-refractivity contribution in [2.75, 3.05) is 0 Å². The van der Waals surface area contributed by atoms with E-state index in [1.165, 1.54) is 6.42 Å². The van der Waals surface area contributed by atoms with E-state index < -0.39 is 6.04 Å². The lowest BCUT2D eigenvalue weighted by Crippen LogP contribution is -2.39. The molecule has 1 aliphatic carbocycles. The fourth-order valence-electron chi connectivity index (χ4n) is 2.51. The summed E-state index contributed by atoms with van der Waals surface area (Å²) in [5.41, 5.74) is 5.53. The van der Waals surface area contributed by atoms with E-state index in [-0.39, 0.29) is 12.1 Å². The maximum Gasteiger partial charge on any atom is 0.322 e. The molecule has 0 bridgehead atoms. The molecule has 1 saturated carbocycles. The van der Waals surface area contributed by atoms with Crippen molar-refractivity contribution in [2.24, 2.45) is 23.5 Å². The highest BCUT2D eigenvalue weighted by Gasteiger charge is 2.33. The minimum absolute atomic E-state index is 0.0715. The van der Waals surface area contributed by atoms with Gasteiger partial charge in [0.1, 0.15) is 12.1 Å². The Labute approximate surface area is 98.7 Å². The van der Waals surface area contributed by atoms with Crippen LogP contribution >= 0.6 is 0 Å². The largest absolute Gasteiger partial charge is 0.461 e. The summed E-state index contributed by atoms with van der Waals surface area (Å²) < 4.78 is 5.53. The van der Waals surface area contributed by atoms with Gasteiger partial charge in [0.25, 0.3) is 0 Å². The molecule has 1 rings (SSSR count). The average Bonchev–Trinajstić information content (AvgIpc) is 2.16. The van der Waals surface area contributed by atoms with Crippen LogP contribution in [0.2, 0.25) is 0 Å². The van der Waals surface area contributed by atoms with E-state index in [0.717, 1.165) is 12.8 Å². The minimum atomic E-state index is -0.509. The molecule has 1 fully saturated rings. The molecule has 0 aromatic carbocycles. The molecular formula is C13H25NO2. The van der Waals surface area contributed by atoms with Crippen LogP contribution in [0, 0.1) is 17.8 Å². The van der Waals surface area contributed by atoms with Crippen LogP contribution < -0.4 is 5.73 Å². The standard InChI is InChI=1S/C13H25NO2/c1-8(2)11-6-5-9(3)7-12(11)16-13(15)10(4)14/h8-12H,5-7,14H2,1-4H3/t9-,10?,11+,12-/m0/s1. The Balaban J connectivity index is 2.61.